The van der Waals surface area contributed by atoms with Crippen LogP contribution in [-0.2, 0) is 4.74 Å². The van der Waals surface area contributed by atoms with Gasteiger partial charge >= 0.3 is 5.97 Å². The van der Waals surface area contributed by atoms with E-state index in [0.29, 0.717) is 39.7 Å². The number of nitrogens with one attached hydrogen (secondary N) is 2. The molecule has 4 aromatic rings. The molecule has 0 saturated heterocycles. The molecule has 0 radical (unpaired) electrons. The van der Waals surface area contributed by atoms with Crippen LogP contribution in [0.2, 0.25) is 0 Å². The topological polar surface area (TPSA) is 78.9 Å². The van der Waals surface area contributed by atoms with Gasteiger partial charge in [0.1, 0.15) is 5.82 Å². The van der Waals surface area contributed by atoms with Crippen LogP contribution in [0.5, 0.6) is 0 Å². The molecule has 204 valence electrons. The lowest BCUT2D eigenvalue weighted by Gasteiger charge is -2.27. The van der Waals surface area contributed by atoms with Gasteiger partial charge in [0.05, 0.1) is 29.1 Å². The molecule has 0 spiro atoms. The predicted octanol–water partition coefficient (Wildman–Crippen LogP) is 6.45. The number of hydrazine groups is 1. The van der Waals surface area contributed by atoms with E-state index in [1.165, 1.54) is 5.56 Å². The van der Waals surface area contributed by atoms with Crippen LogP contribution in [0, 0.1) is 13.8 Å². The number of esters is 1. The number of benzene rings is 3. The number of ether oxygens (including phenoxy) is 1. The number of aryl methyl sites for hydroxylation is 2. The molecule has 0 aliphatic rings. The molecular weight excluding hydrogens is 498 g/mol. The number of amidine groups is 1. The highest BCUT2D eigenvalue weighted by atomic mass is 16.5. The zero-order chi connectivity index (χ0) is 28.6. The number of anilines is 2. The highest BCUT2D eigenvalue weighted by molar-refractivity contribution is 6.13. The van der Waals surface area contributed by atoms with Crippen LogP contribution in [0.15, 0.2) is 96.5 Å². The normalized spacial score (nSPS) is 11.1. The summed E-state index contributed by atoms with van der Waals surface area (Å²) in [6.07, 6.45) is 0. The number of hydrogen-bond donors (Lipinski definition) is 2. The van der Waals surface area contributed by atoms with Crippen LogP contribution in [0.25, 0.3) is 16.8 Å². The molecule has 0 saturated carbocycles. The molecule has 0 aliphatic heterocycles. The number of nitrogens with zero attached hydrogens (tertiary/aromatic N) is 3. The third-order valence-electron chi connectivity index (χ3n) is 6.55. The molecule has 7 heteroatoms. The van der Waals surface area contributed by atoms with E-state index in [1.807, 2.05) is 111 Å². The number of rotatable bonds is 9. The summed E-state index contributed by atoms with van der Waals surface area (Å²) in [7, 11) is 3.65. The van der Waals surface area contributed by atoms with Gasteiger partial charge in [0, 0.05) is 25.3 Å². The largest absolute Gasteiger partial charge is 0.462 e. The van der Waals surface area contributed by atoms with Crippen LogP contribution in [0.4, 0.5) is 11.5 Å². The predicted molar refractivity (Wildman–Crippen MR) is 164 cm³/mol. The Bertz CT molecular complexity index is 1510. The van der Waals surface area contributed by atoms with Gasteiger partial charge < -0.3 is 9.64 Å². The maximum atomic E-state index is 13.4. The number of aromatic nitrogens is 1. The Labute approximate surface area is 236 Å². The molecule has 1 aromatic heterocycles. The number of aliphatic imine (C=N–C) groups is 1. The van der Waals surface area contributed by atoms with Gasteiger partial charge in [0.25, 0.3) is 0 Å². The SMILES string of the molecule is C=C(NNC(=NC)c1c(N(C)c2ccccc2)nc(C)c(C(=O)OCC)c1-c1ccccc1)c1ccc(C)cc1. The summed E-state index contributed by atoms with van der Waals surface area (Å²) >= 11 is 0. The Morgan fingerprint density at radius 3 is 2.15 bits per heavy atom. The van der Waals surface area contributed by atoms with Gasteiger partial charge in [-0.2, -0.15) is 0 Å². The summed E-state index contributed by atoms with van der Waals surface area (Å²) in [5.74, 6) is 0.684. The van der Waals surface area contributed by atoms with Crippen LogP contribution in [-0.4, -0.2) is 37.5 Å². The summed E-state index contributed by atoms with van der Waals surface area (Å²) < 4.78 is 5.51. The van der Waals surface area contributed by atoms with E-state index in [0.717, 1.165) is 16.8 Å². The molecule has 0 aliphatic carbocycles. The minimum atomic E-state index is -0.436. The molecule has 3 aromatic carbocycles. The second kappa shape index (κ2) is 12.8. The molecular formula is C33H35N5O2. The minimum absolute atomic E-state index is 0.248. The van der Waals surface area contributed by atoms with Gasteiger partial charge in [-0.05, 0) is 44.0 Å². The maximum Gasteiger partial charge on any atom is 0.340 e. The number of carbonyl (C=O) groups excluding carboxylic acids is 1. The highest BCUT2D eigenvalue weighted by Gasteiger charge is 2.29. The first-order valence-electron chi connectivity index (χ1n) is 13.2. The van der Waals surface area contributed by atoms with E-state index in [1.54, 1.807) is 14.0 Å². The van der Waals surface area contributed by atoms with E-state index in [2.05, 4.69) is 22.4 Å². The van der Waals surface area contributed by atoms with Crippen molar-refractivity contribution in [3.63, 3.8) is 0 Å². The monoisotopic (exact) mass is 533 g/mol. The van der Waals surface area contributed by atoms with Crippen molar-refractivity contribution in [2.75, 3.05) is 25.6 Å². The van der Waals surface area contributed by atoms with E-state index < -0.39 is 5.97 Å². The van der Waals surface area contributed by atoms with Crippen molar-refractivity contribution < 1.29 is 9.53 Å². The average molecular weight is 534 g/mol. The molecule has 1 heterocycles. The average Bonchev–Trinajstić information content (AvgIpc) is 2.98. The Morgan fingerprint density at radius 1 is 0.925 bits per heavy atom. The van der Waals surface area contributed by atoms with Gasteiger partial charge in [0.2, 0.25) is 0 Å². The van der Waals surface area contributed by atoms with Gasteiger partial charge in [-0.3, -0.25) is 15.8 Å². The van der Waals surface area contributed by atoms with Crippen LogP contribution in [0.3, 0.4) is 0 Å². The van der Waals surface area contributed by atoms with Gasteiger partial charge in [-0.25, -0.2) is 9.78 Å². The van der Waals surface area contributed by atoms with Crippen molar-refractivity contribution in [3.8, 4) is 11.1 Å². The van der Waals surface area contributed by atoms with E-state index in [9.17, 15) is 4.79 Å². The van der Waals surface area contributed by atoms with Crippen molar-refractivity contribution in [1.82, 2.24) is 15.8 Å². The zero-order valence-electron chi connectivity index (χ0n) is 23.7. The fourth-order valence-electron chi connectivity index (χ4n) is 4.47. The Hall–Kier alpha value is -4.91. The Balaban J connectivity index is 1.92. The van der Waals surface area contributed by atoms with Crippen molar-refractivity contribution in [2.45, 2.75) is 20.8 Å². The lowest BCUT2D eigenvalue weighted by atomic mass is 9.92. The lowest BCUT2D eigenvalue weighted by Crippen LogP contribution is -2.38. The maximum absolute atomic E-state index is 13.4. The summed E-state index contributed by atoms with van der Waals surface area (Å²) in [6, 6.07) is 27.8. The smallest absolute Gasteiger partial charge is 0.340 e. The van der Waals surface area contributed by atoms with Crippen LogP contribution in [0.1, 0.15) is 39.7 Å². The van der Waals surface area contributed by atoms with Gasteiger partial charge in [-0.15, -0.1) is 0 Å². The van der Waals surface area contributed by atoms with Gasteiger partial charge in [-0.1, -0.05) is 84.9 Å². The van der Waals surface area contributed by atoms with E-state index >= 15 is 0 Å². The zero-order valence-corrected chi connectivity index (χ0v) is 23.7. The minimum Gasteiger partial charge on any atom is -0.462 e. The molecule has 0 fully saturated rings. The number of carbonyl (C=O) groups is 1. The fraction of sp³-hybridized carbons (Fsp3) is 0.182. The summed E-state index contributed by atoms with van der Waals surface area (Å²) in [6.45, 7) is 10.1. The van der Waals surface area contributed by atoms with E-state index in [4.69, 9.17) is 9.72 Å². The second-order valence-corrected chi connectivity index (χ2v) is 9.29. The van der Waals surface area contributed by atoms with Crippen molar-refractivity contribution in [3.05, 3.63) is 119 Å². The van der Waals surface area contributed by atoms with E-state index in [-0.39, 0.29) is 6.61 Å². The molecule has 4 rings (SSSR count). The fourth-order valence-corrected chi connectivity index (χ4v) is 4.47. The lowest BCUT2D eigenvalue weighted by molar-refractivity contribution is 0.0526. The third kappa shape index (κ3) is 6.04. The highest BCUT2D eigenvalue weighted by Crippen LogP contribution is 2.37. The molecule has 0 amide bonds. The quantitative estimate of drug-likeness (QED) is 0.111. The van der Waals surface area contributed by atoms with Crippen molar-refractivity contribution in [2.24, 2.45) is 4.99 Å². The third-order valence-corrected chi connectivity index (χ3v) is 6.55. The molecule has 2 N–H and O–H groups in total. The summed E-state index contributed by atoms with van der Waals surface area (Å²) in [5, 5.41) is 0. The standard InChI is InChI=1S/C33H35N5O2/c1-7-40-33(39)28-24(4)35-32(38(6)27-16-12-9-13-17-27)30(29(28)26-14-10-8-11-15-26)31(34-5)37-36-23(3)25-20-18-22(2)19-21-25/h8-21,36H,3,7H2,1-2,4-6H3,(H,34,37). The van der Waals surface area contributed by atoms with Crippen molar-refractivity contribution >= 4 is 29.0 Å². The molecule has 0 atom stereocenters. The first-order valence-corrected chi connectivity index (χ1v) is 13.2. The van der Waals surface area contributed by atoms with Crippen LogP contribution < -0.4 is 15.8 Å². The molecule has 40 heavy (non-hydrogen) atoms. The molecule has 7 nitrogen and oxygen atoms in total. The number of hydrogen-bond acceptors (Lipinski definition) is 6. The van der Waals surface area contributed by atoms with Crippen LogP contribution >= 0.6 is 0 Å². The number of pyridine rings is 1. The summed E-state index contributed by atoms with van der Waals surface area (Å²) in [4.78, 5) is 25.0. The van der Waals surface area contributed by atoms with Gasteiger partial charge in [0.15, 0.2) is 5.84 Å². The Kier molecular flexibility index (Phi) is 8.96. The van der Waals surface area contributed by atoms with Crippen molar-refractivity contribution in [1.29, 1.82) is 0 Å². The summed E-state index contributed by atoms with van der Waals surface area (Å²) in [5.41, 5.74) is 13.3. The molecule has 0 bridgehead atoms. The molecule has 0 unspecified atom stereocenters. The Morgan fingerprint density at radius 2 is 1.55 bits per heavy atom. The second-order valence-electron chi connectivity index (χ2n) is 9.29. The number of para-hydroxylation sites is 1. The first kappa shape index (κ1) is 28.1. The first-order chi connectivity index (χ1) is 19.3.